The summed E-state index contributed by atoms with van der Waals surface area (Å²) in [5.41, 5.74) is 1.12. The number of halogens is 1. The Morgan fingerprint density at radius 3 is 2.75 bits per heavy atom. The van der Waals surface area contributed by atoms with Crippen LogP contribution in [0.15, 0.2) is 28.7 Å². The summed E-state index contributed by atoms with van der Waals surface area (Å²) in [6.45, 7) is 3.19. The molecular formula is C15H18BrNO3. The molecule has 2 aliphatic heterocycles. The molecule has 0 saturated carbocycles. The topological polar surface area (TPSA) is 38.8 Å². The summed E-state index contributed by atoms with van der Waals surface area (Å²) in [7, 11) is 0. The predicted molar refractivity (Wildman–Crippen MR) is 78.3 cm³/mol. The fourth-order valence-corrected chi connectivity index (χ4v) is 2.98. The molecule has 3 rings (SSSR count). The highest BCUT2D eigenvalue weighted by atomic mass is 79.9. The van der Waals surface area contributed by atoms with Gasteiger partial charge in [-0.1, -0.05) is 28.1 Å². The van der Waals surface area contributed by atoms with Crippen LogP contribution in [-0.4, -0.2) is 43.7 Å². The molecule has 0 spiro atoms. The van der Waals surface area contributed by atoms with Crippen molar-refractivity contribution in [1.29, 1.82) is 0 Å². The van der Waals surface area contributed by atoms with Gasteiger partial charge in [0, 0.05) is 17.6 Å². The summed E-state index contributed by atoms with van der Waals surface area (Å²) in [6, 6.07) is 8.09. The number of benzene rings is 1. The molecular weight excluding hydrogens is 322 g/mol. The van der Waals surface area contributed by atoms with Gasteiger partial charge in [0.05, 0.1) is 25.7 Å². The minimum Gasteiger partial charge on any atom is -0.381 e. The van der Waals surface area contributed by atoms with Crippen LogP contribution >= 0.6 is 15.9 Å². The van der Waals surface area contributed by atoms with E-state index in [1.807, 2.05) is 29.2 Å². The Hall–Kier alpha value is -0.910. The van der Waals surface area contributed by atoms with Crippen LogP contribution < -0.4 is 0 Å². The molecule has 0 aromatic heterocycles. The fraction of sp³-hybridized carbons (Fsp3) is 0.533. The van der Waals surface area contributed by atoms with Gasteiger partial charge in [0.1, 0.15) is 6.10 Å². The molecule has 1 aromatic rings. The lowest BCUT2D eigenvalue weighted by Crippen LogP contribution is -2.45. The molecule has 0 N–H and O–H groups in total. The average Bonchev–Trinajstić information content (AvgIpc) is 3.01. The maximum atomic E-state index is 12.4. The maximum Gasteiger partial charge on any atom is 0.228 e. The van der Waals surface area contributed by atoms with Crippen LogP contribution in [0, 0.1) is 5.92 Å². The normalized spacial score (nSPS) is 26.8. The van der Waals surface area contributed by atoms with Crippen molar-refractivity contribution in [3.05, 3.63) is 34.3 Å². The van der Waals surface area contributed by atoms with Crippen molar-refractivity contribution < 1.29 is 14.3 Å². The first-order valence-electron chi connectivity index (χ1n) is 6.97. The van der Waals surface area contributed by atoms with Crippen molar-refractivity contribution >= 4 is 21.8 Å². The van der Waals surface area contributed by atoms with Gasteiger partial charge in [-0.15, -0.1) is 0 Å². The third-order valence-electron chi connectivity index (χ3n) is 3.90. The van der Waals surface area contributed by atoms with Gasteiger partial charge in [0.25, 0.3) is 0 Å². The zero-order valence-electron chi connectivity index (χ0n) is 11.3. The first-order chi connectivity index (χ1) is 9.74. The average molecular weight is 340 g/mol. The lowest BCUT2D eigenvalue weighted by Gasteiger charge is -2.34. The Morgan fingerprint density at radius 1 is 1.25 bits per heavy atom. The monoisotopic (exact) mass is 339 g/mol. The van der Waals surface area contributed by atoms with Crippen LogP contribution in [0.25, 0.3) is 0 Å². The lowest BCUT2D eigenvalue weighted by molar-refractivity contribution is -0.143. The zero-order valence-corrected chi connectivity index (χ0v) is 12.8. The number of carbonyl (C=O) groups excluding carboxylic acids is 1. The summed E-state index contributed by atoms with van der Waals surface area (Å²) in [6.07, 6.45) is 0.821. The fourth-order valence-electron chi connectivity index (χ4n) is 2.72. The molecule has 0 unspecified atom stereocenters. The van der Waals surface area contributed by atoms with Crippen molar-refractivity contribution in [2.45, 2.75) is 12.5 Å². The molecule has 2 atom stereocenters. The zero-order chi connectivity index (χ0) is 13.9. The van der Waals surface area contributed by atoms with E-state index in [-0.39, 0.29) is 17.9 Å². The van der Waals surface area contributed by atoms with E-state index in [0.29, 0.717) is 32.9 Å². The van der Waals surface area contributed by atoms with Crippen LogP contribution in [0.4, 0.5) is 0 Å². The third kappa shape index (κ3) is 3.05. The summed E-state index contributed by atoms with van der Waals surface area (Å²) >= 11 is 3.43. The first kappa shape index (κ1) is 14.0. The standard InChI is InChI=1S/C15H18BrNO3/c16-13-3-1-11(2-4-13)14-9-17(6-8-20-14)15(18)12-5-7-19-10-12/h1-4,12,14H,5-10H2/t12-,14-/m1/s1. The van der Waals surface area contributed by atoms with Gasteiger partial charge in [0.15, 0.2) is 0 Å². The summed E-state index contributed by atoms with van der Waals surface area (Å²) in [4.78, 5) is 14.3. The number of hydrogen-bond acceptors (Lipinski definition) is 3. The number of nitrogens with zero attached hydrogens (tertiary/aromatic N) is 1. The highest BCUT2D eigenvalue weighted by Crippen LogP contribution is 2.25. The smallest absolute Gasteiger partial charge is 0.228 e. The number of rotatable bonds is 2. The van der Waals surface area contributed by atoms with E-state index in [1.165, 1.54) is 0 Å². The molecule has 1 amide bonds. The Labute approximate surface area is 127 Å². The Kier molecular flexibility index (Phi) is 4.38. The first-order valence-corrected chi connectivity index (χ1v) is 7.77. The van der Waals surface area contributed by atoms with E-state index in [9.17, 15) is 4.79 Å². The van der Waals surface area contributed by atoms with E-state index in [0.717, 1.165) is 16.5 Å². The maximum absolute atomic E-state index is 12.4. The highest BCUT2D eigenvalue weighted by Gasteiger charge is 2.31. The molecule has 2 fully saturated rings. The summed E-state index contributed by atoms with van der Waals surface area (Å²) in [5, 5.41) is 0. The quantitative estimate of drug-likeness (QED) is 0.830. The molecule has 5 heteroatoms. The number of carbonyl (C=O) groups is 1. The molecule has 2 heterocycles. The Balaban J connectivity index is 1.66. The molecule has 108 valence electrons. The van der Waals surface area contributed by atoms with E-state index in [2.05, 4.69) is 15.9 Å². The van der Waals surface area contributed by atoms with Crippen LogP contribution in [0.1, 0.15) is 18.1 Å². The van der Waals surface area contributed by atoms with Crippen LogP contribution in [0.5, 0.6) is 0 Å². The van der Waals surface area contributed by atoms with E-state index < -0.39 is 0 Å². The highest BCUT2D eigenvalue weighted by molar-refractivity contribution is 9.10. The van der Waals surface area contributed by atoms with Gasteiger partial charge in [-0.3, -0.25) is 4.79 Å². The third-order valence-corrected chi connectivity index (χ3v) is 4.43. The van der Waals surface area contributed by atoms with E-state index in [4.69, 9.17) is 9.47 Å². The SMILES string of the molecule is O=C([C@@H]1CCOC1)N1CCO[C@@H](c2ccc(Br)cc2)C1. The second kappa shape index (κ2) is 6.24. The van der Waals surface area contributed by atoms with Gasteiger partial charge in [-0.05, 0) is 24.1 Å². The van der Waals surface area contributed by atoms with Gasteiger partial charge in [-0.2, -0.15) is 0 Å². The molecule has 20 heavy (non-hydrogen) atoms. The number of amides is 1. The summed E-state index contributed by atoms with van der Waals surface area (Å²) in [5.74, 6) is 0.256. The van der Waals surface area contributed by atoms with Crippen LogP contribution in [0.3, 0.4) is 0 Å². The molecule has 2 aliphatic rings. The molecule has 2 saturated heterocycles. The Morgan fingerprint density at radius 2 is 2.05 bits per heavy atom. The van der Waals surface area contributed by atoms with Crippen LogP contribution in [-0.2, 0) is 14.3 Å². The second-order valence-electron chi connectivity index (χ2n) is 5.26. The van der Waals surface area contributed by atoms with Crippen molar-refractivity contribution in [1.82, 2.24) is 4.90 Å². The van der Waals surface area contributed by atoms with Gasteiger partial charge in [0.2, 0.25) is 5.91 Å². The minimum atomic E-state index is -0.0249. The minimum absolute atomic E-state index is 0.0249. The molecule has 0 bridgehead atoms. The molecule has 1 aromatic carbocycles. The molecule has 0 aliphatic carbocycles. The number of hydrogen-bond donors (Lipinski definition) is 0. The largest absolute Gasteiger partial charge is 0.381 e. The number of ether oxygens (including phenoxy) is 2. The number of morpholine rings is 1. The van der Waals surface area contributed by atoms with Crippen molar-refractivity contribution in [3.8, 4) is 0 Å². The van der Waals surface area contributed by atoms with E-state index in [1.54, 1.807) is 0 Å². The Bertz CT molecular complexity index is 471. The van der Waals surface area contributed by atoms with Crippen LogP contribution in [0.2, 0.25) is 0 Å². The van der Waals surface area contributed by atoms with Crippen molar-refractivity contribution in [2.75, 3.05) is 32.9 Å². The van der Waals surface area contributed by atoms with Gasteiger partial charge < -0.3 is 14.4 Å². The van der Waals surface area contributed by atoms with Gasteiger partial charge >= 0.3 is 0 Å². The van der Waals surface area contributed by atoms with Crippen molar-refractivity contribution in [3.63, 3.8) is 0 Å². The summed E-state index contributed by atoms with van der Waals surface area (Å²) < 4.78 is 12.2. The lowest BCUT2D eigenvalue weighted by atomic mass is 10.0. The van der Waals surface area contributed by atoms with E-state index >= 15 is 0 Å². The molecule has 4 nitrogen and oxygen atoms in total. The predicted octanol–water partition coefficient (Wildman–Crippen LogP) is 2.39. The molecule has 0 radical (unpaired) electrons. The van der Waals surface area contributed by atoms with Gasteiger partial charge in [-0.25, -0.2) is 0 Å². The van der Waals surface area contributed by atoms with Crippen molar-refractivity contribution in [2.24, 2.45) is 5.92 Å². The second-order valence-corrected chi connectivity index (χ2v) is 6.17.